The molecule has 0 atom stereocenters. The minimum atomic E-state index is -5.19. The van der Waals surface area contributed by atoms with Crippen molar-refractivity contribution in [3.63, 3.8) is 0 Å². The fourth-order valence-electron chi connectivity index (χ4n) is 4.75. The van der Waals surface area contributed by atoms with Crippen LogP contribution >= 0.6 is 23.4 Å². The Balaban J connectivity index is 0.000000804. The van der Waals surface area contributed by atoms with Gasteiger partial charge in [0.15, 0.2) is 5.16 Å². The number of benzene rings is 3. The third-order valence-corrected chi connectivity index (χ3v) is 8.67. The van der Waals surface area contributed by atoms with Crippen molar-refractivity contribution < 1.29 is 45.5 Å². The van der Waals surface area contributed by atoms with Gasteiger partial charge in [0.1, 0.15) is 29.2 Å². The topological polar surface area (TPSA) is 67.2 Å². The van der Waals surface area contributed by atoms with E-state index >= 15 is 8.78 Å². The monoisotopic (exact) mass is 715 g/mol. The summed E-state index contributed by atoms with van der Waals surface area (Å²) in [7, 11) is 7.84. The normalized spacial score (nSPS) is 12.0. The molecule has 0 aliphatic rings. The van der Waals surface area contributed by atoms with Crippen LogP contribution in [0.1, 0.15) is 42.7 Å². The number of hydrogen-bond acceptors (Lipinski definition) is 5. The predicted molar refractivity (Wildman–Crippen MR) is 172 cm³/mol. The van der Waals surface area contributed by atoms with Gasteiger partial charge >= 0.3 is 6.18 Å². The van der Waals surface area contributed by atoms with Crippen LogP contribution < -0.4 is 9.84 Å². The van der Waals surface area contributed by atoms with Crippen LogP contribution in [0.5, 0.6) is 5.75 Å². The first-order chi connectivity index (χ1) is 22.2. The number of ether oxygens (including phenoxy) is 1. The summed E-state index contributed by atoms with van der Waals surface area (Å²) in [6, 6.07) is 14.5. The van der Waals surface area contributed by atoms with Crippen LogP contribution in [0.4, 0.5) is 26.3 Å². The number of aromatic nitrogens is 2. The van der Waals surface area contributed by atoms with E-state index in [1.807, 2.05) is 36.6 Å². The molecular formula is C34H36ClF6N3O3S. The number of methoxy groups -OCH3 is 1. The largest absolute Gasteiger partial charge is 0.542 e. The molecule has 0 spiro atoms. The molecule has 48 heavy (non-hydrogen) atoms. The van der Waals surface area contributed by atoms with Gasteiger partial charge in [-0.3, -0.25) is 4.57 Å². The van der Waals surface area contributed by atoms with Gasteiger partial charge in [0.25, 0.3) is 0 Å². The highest BCUT2D eigenvalue weighted by atomic mass is 35.5. The van der Waals surface area contributed by atoms with Crippen molar-refractivity contribution >= 4 is 29.3 Å². The quantitative estimate of drug-likeness (QED) is 0.0914. The van der Waals surface area contributed by atoms with Gasteiger partial charge in [-0.25, -0.2) is 18.2 Å². The Bertz CT molecular complexity index is 1700. The number of carbonyl (C=O) groups excluding carboxylic acids is 1. The van der Waals surface area contributed by atoms with Crippen molar-refractivity contribution in [2.45, 2.75) is 49.2 Å². The third-order valence-electron chi connectivity index (χ3n) is 7.40. The van der Waals surface area contributed by atoms with E-state index in [9.17, 15) is 17.6 Å². The van der Waals surface area contributed by atoms with Crippen molar-refractivity contribution in [2.75, 3.05) is 34.8 Å². The second-order valence-corrected chi connectivity index (χ2v) is 13.8. The molecule has 0 aliphatic carbocycles. The van der Waals surface area contributed by atoms with Crippen LogP contribution in [0.2, 0.25) is 5.02 Å². The summed E-state index contributed by atoms with van der Waals surface area (Å²) in [6.45, 7) is 4.98. The number of carboxylic acids is 1. The average Bonchev–Trinajstić information content (AvgIpc) is 3.41. The van der Waals surface area contributed by atoms with Gasteiger partial charge in [-0.2, -0.15) is 13.2 Å². The summed E-state index contributed by atoms with van der Waals surface area (Å²) >= 11 is 7.67. The lowest BCUT2D eigenvalue weighted by atomic mass is 9.81. The number of aryl methyl sites for hydroxylation is 1. The molecule has 1 aromatic heterocycles. The number of thioether (sulfide) groups is 1. The van der Waals surface area contributed by atoms with E-state index in [0.717, 1.165) is 28.7 Å². The van der Waals surface area contributed by atoms with Crippen LogP contribution in [0.3, 0.4) is 0 Å². The Hall–Kier alpha value is -3.68. The Kier molecular flexibility index (Phi) is 12.7. The van der Waals surface area contributed by atoms with E-state index in [-0.39, 0.29) is 17.1 Å². The number of quaternary nitrogens is 1. The molecule has 0 amide bonds. The minimum Gasteiger partial charge on any atom is -0.542 e. The standard InChI is InChI=1S/C32H36ClF3N3OS.C2HF3O2/c1-32(2,22-9-14-29(40-6)26(33)18-22)30-19-37-31(38(30)24-12-10-23(34)11-13-24)41-20-25-27(35)16-21(17-28(25)36)8-7-15-39(3,4)5;3-2(4,5)1(6)7/h9-14,16-19H,7-8,15,20H2,1-6H3;(H,6,7)/q+1;/p-1. The average molecular weight is 716 g/mol. The molecule has 0 saturated heterocycles. The third kappa shape index (κ3) is 10.2. The van der Waals surface area contributed by atoms with Crippen LogP contribution in [-0.2, 0) is 22.4 Å². The van der Waals surface area contributed by atoms with Gasteiger partial charge in [-0.15, -0.1) is 0 Å². The summed E-state index contributed by atoms with van der Waals surface area (Å²) in [4.78, 5) is 13.4. The molecule has 3 aromatic carbocycles. The van der Waals surface area contributed by atoms with E-state index in [1.165, 1.54) is 36.0 Å². The van der Waals surface area contributed by atoms with Crippen molar-refractivity contribution in [1.29, 1.82) is 0 Å². The molecular weight excluding hydrogens is 680 g/mol. The molecule has 260 valence electrons. The Morgan fingerprint density at radius 1 is 1.00 bits per heavy atom. The summed E-state index contributed by atoms with van der Waals surface area (Å²) in [5.41, 5.74) is 2.48. The number of hydrogen-bond donors (Lipinski definition) is 0. The van der Waals surface area contributed by atoms with Crippen LogP contribution in [-0.4, -0.2) is 61.0 Å². The predicted octanol–water partition coefficient (Wildman–Crippen LogP) is 7.51. The number of carbonyl (C=O) groups is 1. The fraction of sp³-hybridized carbons (Fsp3) is 0.353. The van der Waals surface area contributed by atoms with Gasteiger partial charge in [-0.1, -0.05) is 43.3 Å². The van der Waals surface area contributed by atoms with Crippen molar-refractivity contribution in [3.8, 4) is 11.4 Å². The zero-order chi connectivity index (χ0) is 36.0. The second-order valence-electron chi connectivity index (χ2n) is 12.4. The molecule has 4 rings (SSSR count). The fourth-order valence-corrected chi connectivity index (χ4v) is 6.02. The van der Waals surface area contributed by atoms with Gasteiger partial charge in [0, 0.05) is 28.8 Å². The van der Waals surface area contributed by atoms with E-state index < -0.39 is 29.2 Å². The maximum atomic E-state index is 15.1. The highest BCUT2D eigenvalue weighted by Crippen LogP contribution is 2.39. The molecule has 1 heterocycles. The van der Waals surface area contributed by atoms with E-state index in [2.05, 4.69) is 26.1 Å². The van der Waals surface area contributed by atoms with Crippen LogP contribution in [0, 0.1) is 17.5 Å². The molecule has 0 radical (unpaired) electrons. The van der Waals surface area contributed by atoms with E-state index in [0.29, 0.717) is 33.6 Å². The lowest BCUT2D eigenvalue weighted by molar-refractivity contribution is -0.870. The smallest absolute Gasteiger partial charge is 0.430 e. The zero-order valence-electron chi connectivity index (χ0n) is 27.2. The van der Waals surface area contributed by atoms with Gasteiger partial charge in [0.05, 0.1) is 51.7 Å². The van der Waals surface area contributed by atoms with Crippen LogP contribution in [0.15, 0.2) is 66.0 Å². The maximum absolute atomic E-state index is 15.1. The van der Waals surface area contributed by atoms with E-state index in [1.54, 1.807) is 25.4 Å². The number of imidazole rings is 1. The number of halogens is 7. The number of carboxylic acid groups (broad SMARTS) is 1. The minimum absolute atomic E-state index is 0.00163. The first kappa shape index (κ1) is 38.8. The maximum Gasteiger partial charge on any atom is 0.430 e. The van der Waals surface area contributed by atoms with Crippen molar-refractivity contribution in [1.82, 2.24) is 9.55 Å². The van der Waals surface area contributed by atoms with E-state index in [4.69, 9.17) is 26.2 Å². The lowest BCUT2D eigenvalue weighted by Gasteiger charge is -2.28. The Labute approximate surface area is 284 Å². The summed E-state index contributed by atoms with van der Waals surface area (Å²) in [5.74, 6) is -3.89. The molecule has 0 unspecified atom stereocenters. The lowest BCUT2D eigenvalue weighted by Crippen LogP contribution is -2.37. The number of aliphatic carboxylic acids is 1. The summed E-state index contributed by atoms with van der Waals surface area (Å²) in [5, 5.41) is 9.80. The van der Waals surface area contributed by atoms with Gasteiger partial charge in [-0.05, 0) is 66.1 Å². The molecule has 0 fully saturated rings. The molecule has 0 bridgehead atoms. The molecule has 0 aliphatic heterocycles. The van der Waals surface area contributed by atoms with Crippen molar-refractivity contribution in [3.05, 3.63) is 106 Å². The Morgan fingerprint density at radius 2 is 1.58 bits per heavy atom. The van der Waals surface area contributed by atoms with Gasteiger partial charge < -0.3 is 19.1 Å². The summed E-state index contributed by atoms with van der Waals surface area (Å²) in [6.07, 6.45) is -2.00. The first-order valence-corrected chi connectivity index (χ1v) is 16.0. The molecule has 4 aromatic rings. The molecule has 0 saturated carbocycles. The number of rotatable bonds is 11. The molecule has 14 heteroatoms. The first-order valence-electron chi connectivity index (χ1n) is 14.6. The second kappa shape index (κ2) is 15.7. The number of alkyl halides is 3. The van der Waals surface area contributed by atoms with Crippen LogP contribution in [0.25, 0.3) is 5.69 Å². The molecule has 0 N–H and O–H groups in total. The Morgan fingerprint density at radius 3 is 2.08 bits per heavy atom. The SMILES string of the molecule is COc1ccc(C(C)(C)c2cnc(SCc3c(F)cc(CCC[N+](C)(C)C)cc3F)n2-c2ccc(F)cc2)cc1Cl.O=C([O-])C(F)(F)F. The van der Waals surface area contributed by atoms with Crippen molar-refractivity contribution in [2.24, 2.45) is 0 Å². The van der Waals surface area contributed by atoms with Gasteiger partial charge in [0.2, 0.25) is 0 Å². The summed E-state index contributed by atoms with van der Waals surface area (Å²) < 4.78 is 83.6. The molecule has 6 nitrogen and oxygen atoms in total. The number of nitrogens with zero attached hydrogens (tertiary/aromatic N) is 3. The highest BCUT2D eigenvalue weighted by molar-refractivity contribution is 7.98. The highest BCUT2D eigenvalue weighted by Gasteiger charge is 2.31. The zero-order valence-corrected chi connectivity index (χ0v) is 28.8.